The summed E-state index contributed by atoms with van der Waals surface area (Å²) in [5.74, 6) is -0.211. The van der Waals surface area contributed by atoms with Crippen molar-refractivity contribution in [1.29, 1.82) is 0 Å². The Balaban J connectivity index is 4.22. The van der Waals surface area contributed by atoms with Gasteiger partial charge in [0.15, 0.2) is 0 Å². The standard InChI is InChI=1S/C63H121N2O6P/c1-6-8-10-12-14-16-18-20-22-24-26-28-29-30-31-32-33-34-35-37-38-40-42-44-46-48-50-52-54-56-62(66)61(60-71-72(68,69)70-59-58-65(3,4)5)64-63(67)57-55-53-51-49-47-45-43-41-39-36-27-25-23-21-19-17-15-13-11-9-7-2/h25,27,38,40,46,48,54,56,61-62,66H,6-24,26,28-37,39,41-45,47,49-53,55,57-60H2,1-5H3,(H-,64,67,68,69)/b27-25-,40-38+,48-46+,56-54+. The molecular weight excluding hydrogens is 912 g/mol. The molecule has 0 saturated heterocycles. The van der Waals surface area contributed by atoms with Gasteiger partial charge in [-0.3, -0.25) is 9.36 Å². The molecular formula is C63H121N2O6P. The largest absolute Gasteiger partial charge is 0.756 e. The van der Waals surface area contributed by atoms with Crippen LogP contribution in [-0.2, 0) is 18.4 Å². The van der Waals surface area contributed by atoms with Crippen molar-refractivity contribution in [3.05, 3.63) is 48.6 Å². The van der Waals surface area contributed by atoms with Gasteiger partial charge in [0.05, 0.1) is 39.9 Å². The van der Waals surface area contributed by atoms with Gasteiger partial charge in [-0.15, -0.1) is 0 Å². The third-order valence-electron chi connectivity index (χ3n) is 14.0. The highest BCUT2D eigenvalue weighted by molar-refractivity contribution is 7.45. The summed E-state index contributed by atoms with van der Waals surface area (Å²) < 4.78 is 23.4. The number of carbonyl (C=O) groups excluding carboxylic acids is 1. The molecule has 0 bridgehead atoms. The molecule has 9 heteroatoms. The highest BCUT2D eigenvalue weighted by Crippen LogP contribution is 2.38. The van der Waals surface area contributed by atoms with Gasteiger partial charge in [0.2, 0.25) is 5.91 Å². The van der Waals surface area contributed by atoms with Gasteiger partial charge in [0.25, 0.3) is 7.82 Å². The number of likely N-dealkylation sites (N-methyl/N-ethyl adjacent to an activating group) is 1. The lowest BCUT2D eigenvalue weighted by molar-refractivity contribution is -0.870. The highest BCUT2D eigenvalue weighted by atomic mass is 31.2. The number of rotatable bonds is 57. The number of hydrogen-bond donors (Lipinski definition) is 2. The molecule has 0 rings (SSSR count). The van der Waals surface area contributed by atoms with Gasteiger partial charge in [-0.2, -0.15) is 0 Å². The molecule has 0 aliphatic heterocycles. The van der Waals surface area contributed by atoms with E-state index in [0.717, 1.165) is 44.9 Å². The minimum Gasteiger partial charge on any atom is -0.756 e. The number of nitrogens with zero attached hydrogens (tertiary/aromatic N) is 1. The molecule has 0 aromatic rings. The van der Waals surface area contributed by atoms with E-state index in [1.807, 2.05) is 27.2 Å². The van der Waals surface area contributed by atoms with Gasteiger partial charge in [-0.25, -0.2) is 0 Å². The molecule has 72 heavy (non-hydrogen) atoms. The van der Waals surface area contributed by atoms with E-state index in [1.165, 1.54) is 231 Å². The first-order valence-electron chi connectivity index (χ1n) is 31.0. The minimum absolute atomic E-state index is 0.00963. The van der Waals surface area contributed by atoms with Crippen LogP contribution in [-0.4, -0.2) is 68.5 Å². The van der Waals surface area contributed by atoms with Crippen LogP contribution < -0.4 is 10.2 Å². The number of allylic oxidation sites excluding steroid dienone is 7. The van der Waals surface area contributed by atoms with Crippen LogP contribution in [0.4, 0.5) is 0 Å². The molecule has 3 unspecified atom stereocenters. The van der Waals surface area contributed by atoms with Gasteiger partial charge in [-0.05, 0) is 70.6 Å². The average molecular weight is 1030 g/mol. The average Bonchev–Trinajstić information content (AvgIpc) is 3.34. The second-order valence-corrected chi connectivity index (χ2v) is 23.8. The van der Waals surface area contributed by atoms with Gasteiger partial charge < -0.3 is 28.8 Å². The zero-order chi connectivity index (χ0) is 52.7. The lowest BCUT2D eigenvalue weighted by Gasteiger charge is -2.29. The van der Waals surface area contributed by atoms with E-state index in [9.17, 15) is 19.4 Å². The number of carbonyl (C=O) groups is 1. The topological polar surface area (TPSA) is 108 Å². The maximum Gasteiger partial charge on any atom is 0.268 e. The van der Waals surface area contributed by atoms with E-state index >= 15 is 0 Å². The number of nitrogens with one attached hydrogen (secondary N) is 1. The summed E-state index contributed by atoms with van der Waals surface area (Å²) in [5, 5.41) is 13.9. The zero-order valence-corrected chi connectivity index (χ0v) is 49.3. The Hall–Kier alpha value is -1.54. The van der Waals surface area contributed by atoms with E-state index in [1.54, 1.807) is 6.08 Å². The lowest BCUT2D eigenvalue weighted by atomic mass is 10.0. The fourth-order valence-corrected chi connectivity index (χ4v) is 9.85. The maximum absolute atomic E-state index is 13.0. The summed E-state index contributed by atoms with van der Waals surface area (Å²) >= 11 is 0. The summed E-state index contributed by atoms with van der Waals surface area (Å²) in [5.41, 5.74) is 0. The number of quaternary nitrogens is 1. The van der Waals surface area contributed by atoms with Crippen LogP contribution in [0.3, 0.4) is 0 Å². The number of hydrogen-bond acceptors (Lipinski definition) is 6. The fourth-order valence-electron chi connectivity index (χ4n) is 9.12. The summed E-state index contributed by atoms with van der Waals surface area (Å²) in [6.45, 7) is 4.65. The Morgan fingerprint density at radius 2 is 0.778 bits per heavy atom. The fraction of sp³-hybridized carbons (Fsp3) is 0.857. The van der Waals surface area contributed by atoms with Gasteiger partial charge in [0.1, 0.15) is 13.2 Å². The van der Waals surface area contributed by atoms with Crippen LogP contribution in [0, 0.1) is 0 Å². The highest BCUT2D eigenvalue weighted by Gasteiger charge is 2.23. The molecule has 0 aliphatic rings. The smallest absolute Gasteiger partial charge is 0.268 e. The van der Waals surface area contributed by atoms with Crippen LogP contribution in [0.1, 0.15) is 296 Å². The molecule has 2 N–H and O–H groups in total. The van der Waals surface area contributed by atoms with Crippen LogP contribution in [0.15, 0.2) is 48.6 Å². The second kappa shape index (κ2) is 54.3. The molecule has 424 valence electrons. The molecule has 0 saturated carbocycles. The molecule has 3 atom stereocenters. The first-order chi connectivity index (χ1) is 35.0. The van der Waals surface area contributed by atoms with Crippen molar-refractivity contribution in [3.8, 4) is 0 Å². The van der Waals surface area contributed by atoms with Crippen molar-refractivity contribution in [3.63, 3.8) is 0 Å². The van der Waals surface area contributed by atoms with Crippen LogP contribution in [0.25, 0.3) is 0 Å². The Morgan fingerprint density at radius 3 is 1.12 bits per heavy atom. The molecule has 0 aromatic carbocycles. The van der Waals surface area contributed by atoms with E-state index in [-0.39, 0.29) is 12.5 Å². The predicted octanol–water partition coefficient (Wildman–Crippen LogP) is 18.5. The number of aliphatic hydroxyl groups is 1. The van der Waals surface area contributed by atoms with E-state index < -0.39 is 26.6 Å². The summed E-state index contributed by atoms with van der Waals surface area (Å²) in [6, 6.07) is -0.912. The third-order valence-corrected chi connectivity index (χ3v) is 15.0. The Morgan fingerprint density at radius 1 is 0.472 bits per heavy atom. The molecule has 0 radical (unpaired) electrons. The lowest BCUT2D eigenvalue weighted by Crippen LogP contribution is -2.45. The van der Waals surface area contributed by atoms with Gasteiger partial charge in [0, 0.05) is 6.42 Å². The second-order valence-electron chi connectivity index (χ2n) is 22.4. The monoisotopic (exact) mass is 1030 g/mol. The van der Waals surface area contributed by atoms with Crippen LogP contribution in [0.5, 0.6) is 0 Å². The summed E-state index contributed by atoms with van der Waals surface area (Å²) in [7, 11) is 1.24. The van der Waals surface area contributed by atoms with Crippen molar-refractivity contribution >= 4 is 13.7 Å². The molecule has 8 nitrogen and oxygen atoms in total. The third kappa shape index (κ3) is 56.2. The first kappa shape index (κ1) is 70.5. The minimum atomic E-state index is -4.61. The number of phosphoric acid groups is 1. The number of aliphatic hydroxyl groups excluding tert-OH is 1. The van der Waals surface area contributed by atoms with Crippen LogP contribution in [0.2, 0.25) is 0 Å². The quantitative estimate of drug-likeness (QED) is 0.0272. The SMILES string of the molecule is CCCCCCCCCC/C=C\CCCCCCCCCCCC(=O)NC(COP(=O)([O-])OCC[N+](C)(C)C)C(O)/C=C/CC/C=C/CC/C=C/CCCCCCCCCCCCCCCCCCCCC. The normalized spacial score (nSPS) is 14.2. The molecule has 0 spiro atoms. The van der Waals surface area contributed by atoms with Crippen molar-refractivity contribution in [2.75, 3.05) is 40.9 Å². The maximum atomic E-state index is 13.0. The molecule has 0 heterocycles. The predicted molar refractivity (Wildman–Crippen MR) is 311 cm³/mol. The van der Waals surface area contributed by atoms with Crippen molar-refractivity contribution in [2.45, 2.75) is 309 Å². The Kier molecular flexibility index (Phi) is 53.1. The Labute approximate surface area is 448 Å². The molecule has 0 aromatic heterocycles. The Bertz CT molecular complexity index is 1310. The number of phosphoric ester groups is 1. The van der Waals surface area contributed by atoms with Crippen molar-refractivity contribution in [2.24, 2.45) is 0 Å². The van der Waals surface area contributed by atoms with Crippen LogP contribution >= 0.6 is 7.82 Å². The van der Waals surface area contributed by atoms with E-state index in [2.05, 4.69) is 55.6 Å². The molecule has 0 aliphatic carbocycles. The first-order valence-corrected chi connectivity index (χ1v) is 32.5. The zero-order valence-electron chi connectivity index (χ0n) is 48.4. The van der Waals surface area contributed by atoms with E-state index in [4.69, 9.17) is 9.05 Å². The van der Waals surface area contributed by atoms with E-state index in [0.29, 0.717) is 17.4 Å². The van der Waals surface area contributed by atoms with Gasteiger partial charge >= 0.3 is 0 Å². The van der Waals surface area contributed by atoms with Gasteiger partial charge in [-0.1, -0.05) is 268 Å². The number of unbranched alkanes of at least 4 members (excludes halogenated alkanes) is 38. The summed E-state index contributed by atoms with van der Waals surface area (Å²) in [6.07, 6.45) is 72.1. The summed E-state index contributed by atoms with van der Waals surface area (Å²) in [4.78, 5) is 25.5. The molecule has 0 fully saturated rings. The van der Waals surface area contributed by atoms with Crippen molar-refractivity contribution in [1.82, 2.24) is 5.32 Å². The number of amides is 1. The van der Waals surface area contributed by atoms with Crippen molar-refractivity contribution < 1.29 is 32.9 Å². The molecule has 1 amide bonds.